The van der Waals surface area contributed by atoms with E-state index in [-0.39, 0.29) is 0 Å². The quantitative estimate of drug-likeness (QED) is 0.877. The molecule has 2 rings (SSSR count). The van der Waals surface area contributed by atoms with Crippen LogP contribution in [-0.2, 0) is 0 Å². The van der Waals surface area contributed by atoms with E-state index in [9.17, 15) is 0 Å². The van der Waals surface area contributed by atoms with Gasteiger partial charge in [-0.15, -0.1) is 0 Å². The van der Waals surface area contributed by atoms with Gasteiger partial charge in [-0.25, -0.2) is 0 Å². The van der Waals surface area contributed by atoms with Gasteiger partial charge >= 0.3 is 115 Å². The van der Waals surface area contributed by atoms with Crippen LogP contribution in [0.5, 0.6) is 5.75 Å². The number of hydrogen-bond donors (Lipinski definition) is 1. The van der Waals surface area contributed by atoms with Crippen molar-refractivity contribution in [2.24, 2.45) is 0 Å². The van der Waals surface area contributed by atoms with E-state index in [2.05, 4.69) is 33.9 Å². The Hall–Kier alpha value is -1.57. The third-order valence-corrected chi connectivity index (χ3v) is 3.39. The average molecular weight is 304 g/mol. The molecule has 2 nitrogen and oxygen atoms in total. The second kappa shape index (κ2) is 5.85. The van der Waals surface area contributed by atoms with Crippen LogP contribution < -0.4 is 10.1 Å². The first kappa shape index (κ1) is 12.9. The molecule has 0 aliphatic carbocycles. The molecule has 0 aliphatic rings. The monoisotopic (exact) mass is 305 g/mol. The molecule has 0 aromatic heterocycles. The zero-order valence-electron chi connectivity index (χ0n) is 10.4. The normalized spacial score (nSPS) is 9.89. The first-order valence-corrected chi connectivity index (χ1v) is 6.57. The molecule has 0 radical (unpaired) electrons. The molecule has 0 heterocycles. The van der Waals surface area contributed by atoms with Crippen LogP contribution in [0.25, 0.3) is 0 Å². The van der Waals surface area contributed by atoms with Gasteiger partial charge in [0.1, 0.15) is 0 Å². The fraction of sp³-hybridized carbons (Fsp3) is 0.133. The molecule has 0 aliphatic heterocycles. The standard InChI is InChI=1S/C15H15NOSe/c1-11-10-13(17-2)8-9-14(11)15(18)16-12-6-4-3-5-7-12/h3-10H,1-2H3,(H,16,18). The molecule has 0 saturated carbocycles. The van der Waals surface area contributed by atoms with E-state index < -0.39 is 0 Å². The van der Waals surface area contributed by atoms with Crippen LogP contribution in [0.15, 0.2) is 48.5 Å². The molecule has 92 valence electrons. The van der Waals surface area contributed by atoms with Crippen molar-refractivity contribution in [2.75, 3.05) is 12.4 Å². The van der Waals surface area contributed by atoms with Gasteiger partial charge in [0.05, 0.1) is 0 Å². The van der Waals surface area contributed by atoms with Gasteiger partial charge < -0.3 is 0 Å². The molecular weight excluding hydrogens is 289 g/mol. The Balaban J connectivity index is 2.19. The summed E-state index contributed by atoms with van der Waals surface area (Å²) in [7, 11) is 1.68. The number of rotatable bonds is 4. The zero-order chi connectivity index (χ0) is 13.0. The predicted octanol–water partition coefficient (Wildman–Crippen LogP) is 2.76. The van der Waals surface area contributed by atoms with Crippen LogP contribution in [0.2, 0.25) is 0 Å². The summed E-state index contributed by atoms with van der Waals surface area (Å²) in [5.41, 5.74) is 3.40. The number of anilines is 1. The second-order valence-electron chi connectivity index (χ2n) is 4.00. The Bertz CT molecular complexity index is 552. The molecule has 18 heavy (non-hydrogen) atoms. The SMILES string of the molecule is COc1ccc(C(=[Se])Nc2ccccc2)c(C)c1. The van der Waals surface area contributed by atoms with E-state index in [1.54, 1.807) is 7.11 Å². The molecule has 0 atom stereocenters. The van der Waals surface area contributed by atoms with Gasteiger partial charge in [-0.05, 0) is 0 Å². The fourth-order valence-corrected chi connectivity index (χ4v) is 2.47. The van der Waals surface area contributed by atoms with Crippen molar-refractivity contribution in [2.45, 2.75) is 6.92 Å². The number of methoxy groups -OCH3 is 1. The van der Waals surface area contributed by atoms with Crippen molar-refractivity contribution in [1.82, 2.24) is 0 Å². The van der Waals surface area contributed by atoms with Crippen molar-refractivity contribution in [1.29, 1.82) is 0 Å². The van der Waals surface area contributed by atoms with Gasteiger partial charge in [0, 0.05) is 0 Å². The maximum absolute atomic E-state index is 5.21. The summed E-state index contributed by atoms with van der Waals surface area (Å²) in [6, 6.07) is 16.1. The molecule has 1 N–H and O–H groups in total. The van der Waals surface area contributed by atoms with Crippen molar-refractivity contribution in [3.63, 3.8) is 0 Å². The van der Waals surface area contributed by atoms with E-state index in [1.807, 2.05) is 42.5 Å². The topological polar surface area (TPSA) is 21.3 Å². The number of ether oxygens (including phenoxy) is 1. The van der Waals surface area contributed by atoms with E-state index in [0.29, 0.717) is 0 Å². The third kappa shape index (κ3) is 3.00. The van der Waals surface area contributed by atoms with Crippen molar-refractivity contribution < 1.29 is 4.74 Å². The predicted molar refractivity (Wildman–Crippen MR) is 77.7 cm³/mol. The summed E-state index contributed by atoms with van der Waals surface area (Å²) in [5, 5.41) is 3.36. The summed E-state index contributed by atoms with van der Waals surface area (Å²) >= 11 is 3.08. The van der Waals surface area contributed by atoms with E-state index in [1.165, 1.54) is 5.56 Å². The van der Waals surface area contributed by atoms with Gasteiger partial charge in [-0.3, -0.25) is 0 Å². The Morgan fingerprint density at radius 1 is 1.11 bits per heavy atom. The molecule has 0 spiro atoms. The minimum atomic E-state index is 0.878. The number of para-hydroxylation sites is 1. The molecule has 2 aromatic rings. The Morgan fingerprint density at radius 3 is 2.44 bits per heavy atom. The van der Waals surface area contributed by atoms with Crippen LogP contribution in [0, 0.1) is 6.92 Å². The van der Waals surface area contributed by atoms with Crippen LogP contribution >= 0.6 is 0 Å². The summed E-state index contributed by atoms with van der Waals surface area (Å²) < 4.78 is 6.22. The molecule has 0 unspecified atom stereocenters. The Kier molecular flexibility index (Phi) is 4.19. The molecular formula is C15H15NOSe. The van der Waals surface area contributed by atoms with Crippen molar-refractivity contribution in [3.8, 4) is 5.75 Å². The molecule has 2 aromatic carbocycles. The minimum absolute atomic E-state index is 0.878. The van der Waals surface area contributed by atoms with Crippen LogP contribution in [0.3, 0.4) is 0 Å². The zero-order valence-corrected chi connectivity index (χ0v) is 12.1. The van der Waals surface area contributed by atoms with Gasteiger partial charge in [-0.1, -0.05) is 0 Å². The summed E-state index contributed by atoms with van der Waals surface area (Å²) in [6.45, 7) is 2.07. The van der Waals surface area contributed by atoms with E-state index in [4.69, 9.17) is 4.74 Å². The first-order valence-electron chi connectivity index (χ1n) is 5.72. The van der Waals surface area contributed by atoms with E-state index >= 15 is 0 Å². The summed E-state index contributed by atoms with van der Waals surface area (Å²) in [4.78, 5) is 0. The number of hydrogen-bond acceptors (Lipinski definition) is 2. The van der Waals surface area contributed by atoms with Crippen LogP contribution in [0.1, 0.15) is 11.1 Å². The maximum atomic E-state index is 5.21. The van der Waals surface area contributed by atoms with Gasteiger partial charge in [0.15, 0.2) is 0 Å². The fourth-order valence-electron chi connectivity index (χ4n) is 1.74. The van der Waals surface area contributed by atoms with Gasteiger partial charge in [-0.2, -0.15) is 0 Å². The third-order valence-electron chi connectivity index (χ3n) is 2.71. The molecule has 0 fully saturated rings. The average Bonchev–Trinajstić information content (AvgIpc) is 2.39. The number of nitrogens with one attached hydrogen (secondary N) is 1. The first-order chi connectivity index (χ1) is 8.70. The van der Waals surface area contributed by atoms with Crippen molar-refractivity contribution in [3.05, 3.63) is 59.7 Å². The van der Waals surface area contributed by atoms with Gasteiger partial charge in [0.25, 0.3) is 0 Å². The van der Waals surface area contributed by atoms with E-state index in [0.717, 1.165) is 21.5 Å². The summed E-state index contributed by atoms with van der Waals surface area (Å²) in [5.74, 6) is 0.878. The number of aryl methyl sites for hydroxylation is 1. The Labute approximate surface area is 115 Å². The molecule has 0 bridgehead atoms. The molecule has 0 saturated heterocycles. The second-order valence-corrected chi connectivity index (χ2v) is 4.86. The molecule has 0 amide bonds. The number of benzene rings is 2. The van der Waals surface area contributed by atoms with Crippen LogP contribution in [0.4, 0.5) is 5.69 Å². The van der Waals surface area contributed by atoms with Crippen molar-refractivity contribution >= 4 is 25.8 Å². The summed E-state index contributed by atoms with van der Waals surface area (Å²) in [6.07, 6.45) is 0. The van der Waals surface area contributed by atoms with Gasteiger partial charge in [0.2, 0.25) is 0 Å². The molecule has 3 heteroatoms. The van der Waals surface area contributed by atoms with Crippen LogP contribution in [-0.4, -0.2) is 27.2 Å². The Morgan fingerprint density at radius 2 is 1.83 bits per heavy atom.